The molecule has 108 valence electrons. The maximum atomic E-state index is 12.0. The van der Waals surface area contributed by atoms with Crippen molar-refractivity contribution in [2.45, 2.75) is 26.8 Å². The lowest BCUT2D eigenvalue weighted by Crippen LogP contribution is -2.39. The van der Waals surface area contributed by atoms with E-state index in [1.807, 2.05) is 6.92 Å². The summed E-state index contributed by atoms with van der Waals surface area (Å²) in [5.41, 5.74) is 0.866. The molecular weight excluding hydrogens is 278 g/mol. The fraction of sp³-hybridized carbons (Fsp3) is 0.429. The van der Waals surface area contributed by atoms with Crippen LogP contribution in [0.25, 0.3) is 0 Å². The number of amides is 1. The molecule has 6 heteroatoms. The Balaban J connectivity index is 2.75. The summed E-state index contributed by atoms with van der Waals surface area (Å²) in [5.74, 6) is 4.52. The van der Waals surface area contributed by atoms with Gasteiger partial charge in [-0.2, -0.15) is 0 Å². The van der Waals surface area contributed by atoms with Gasteiger partial charge in [0.25, 0.3) is 5.91 Å². The molecule has 0 spiro atoms. The van der Waals surface area contributed by atoms with E-state index in [4.69, 9.17) is 9.84 Å². The third-order valence-corrected chi connectivity index (χ3v) is 3.56. The van der Waals surface area contributed by atoms with Gasteiger partial charge in [0.15, 0.2) is 0 Å². The summed E-state index contributed by atoms with van der Waals surface area (Å²) in [6, 6.07) is 1.01. The molecule has 1 aromatic rings. The molecule has 1 amide bonds. The fourth-order valence-electron chi connectivity index (χ4n) is 1.43. The van der Waals surface area contributed by atoms with E-state index in [-0.39, 0.29) is 19.1 Å². The summed E-state index contributed by atoms with van der Waals surface area (Å²) in [6.07, 6.45) is 0. The molecule has 1 rings (SSSR count). The minimum Gasteiger partial charge on any atom is -0.464 e. The molecule has 1 unspecified atom stereocenters. The molecule has 0 saturated carbocycles. The second-order valence-corrected chi connectivity index (χ2v) is 5.08. The summed E-state index contributed by atoms with van der Waals surface area (Å²) < 4.78 is 4.82. The van der Waals surface area contributed by atoms with Crippen molar-refractivity contribution in [3.05, 3.63) is 21.4 Å². The van der Waals surface area contributed by atoms with E-state index in [0.29, 0.717) is 4.88 Å². The van der Waals surface area contributed by atoms with Crippen LogP contribution in [0.3, 0.4) is 0 Å². The van der Waals surface area contributed by atoms with E-state index in [0.717, 1.165) is 10.4 Å². The molecule has 5 nitrogen and oxygen atoms in total. The molecule has 1 atom stereocenters. The van der Waals surface area contributed by atoms with Gasteiger partial charge in [-0.15, -0.1) is 11.3 Å². The Morgan fingerprint density at radius 2 is 2.25 bits per heavy atom. The summed E-state index contributed by atoms with van der Waals surface area (Å²) in [5, 5.41) is 11.2. The van der Waals surface area contributed by atoms with Crippen LogP contribution < -0.4 is 5.32 Å². The zero-order chi connectivity index (χ0) is 15.1. The van der Waals surface area contributed by atoms with Crippen molar-refractivity contribution < 1.29 is 19.4 Å². The highest BCUT2D eigenvalue weighted by atomic mass is 32.1. The Morgan fingerprint density at radius 3 is 2.85 bits per heavy atom. The third kappa shape index (κ3) is 4.37. The highest BCUT2D eigenvalue weighted by Gasteiger charge is 2.19. The summed E-state index contributed by atoms with van der Waals surface area (Å²) in [4.78, 5) is 24.6. The molecule has 0 aliphatic carbocycles. The third-order valence-electron chi connectivity index (χ3n) is 2.41. The first kappa shape index (κ1) is 16.2. The Morgan fingerprint density at radius 1 is 1.55 bits per heavy atom. The van der Waals surface area contributed by atoms with Crippen molar-refractivity contribution in [1.29, 1.82) is 0 Å². The maximum absolute atomic E-state index is 12.0. The molecule has 0 saturated heterocycles. The average Bonchev–Trinajstić information content (AvgIpc) is 2.78. The highest BCUT2D eigenvalue weighted by Crippen LogP contribution is 2.20. The molecule has 0 bridgehead atoms. The summed E-state index contributed by atoms with van der Waals surface area (Å²) >= 11 is 1.23. The molecule has 0 aromatic carbocycles. The highest BCUT2D eigenvalue weighted by molar-refractivity contribution is 7.14. The lowest BCUT2D eigenvalue weighted by Gasteiger charge is -2.11. The molecular formula is C14H17NO4S. The van der Waals surface area contributed by atoms with Crippen LogP contribution in [-0.4, -0.2) is 36.2 Å². The van der Waals surface area contributed by atoms with Crippen molar-refractivity contribution in [2.75, 3.05) is 13.2 Å². The van der Waals surface area contributed by atoms with Crippen LogP contribution >= 0.6 is 11.3 Å². The monoisotopic (exact) mass is 295 g/mol. The van der Waals surface area contributed by atoms with Crippen molar-refractivity contribution in [3.8, 4) is 11.8 Å². The van der Waals surface area contributed by atoms with E-state index in [1.54, 1.807) is 19.9 Å². The maximum Gasteiger partial charge on any atom is 0.328 e. The lowest BCUT2D eigenvalue weighted by molar-refractivity contribution is -0.144. The van der Waals surface area contributed by atoms with Gasteiger partial charge in [-0.3, -0.25) is 4.79 Å². The van der Waals surface area contributed by atoms with Crippen molar-refractivity contribution in [3.63, 3.8) is 0 Å². The van der Waals surface area contributed by atoms with Crippen molar-refractivity contribution in [2.24, 2.45) is 0 Å². The van der Waals surface area contributed by atoms with Crippen LogP contribution in [0.4, 0.5) is 0 Å². The second-order valence-electron chi connectivity index (χ2n) is 4.03. The van der Waals surface area contributed by atoms with Gasteiger partial charge in [0, 0.05) is 0 Å². The number of esters is 1. The SMILES string of the molecule is CCOC(=O)C(C)NC(=O)c1cc(C)c(C#CCO)s1. The largest absolute Gasteiger partial charge is 0.464 e. The van der Waals surface area contributed by atoms with Gasteiger partial charge in [-0.25, -0.2) is 4.79 Å². The number of carbonyl (C=O) groups excluding carboxylic acids is 2. The average molecular weight is 295 g/mol. The van der Waals surface area contributed by atoms with Crippen LogP contribution in [0.2, 0.25) is 0 Å². The van der Waals surface area contributed by atoms with Gasteiger partial charge < -0.3 is 15.2 Å². The first-order valence-electron chi connectivity index (χ1n) is 6.17. The minimum atomic E-state index is -0.697. The number of ether oxygens (including phenoxy) is 1. The Labute approximate surface area is 122 Å². The van der Waals surface area contributed by atoms with E-state index in [9.17, 15) is 9.59 Å². The Kier molecular flexibility index (Phi) is 6.22. The fourth-order valence-corrected chi connectivity index (χ4v) is 2.38. The van der Waals surface area contributed by atoms with E-state index in [1.165, 1.54) is 11.3 Å². The molecule has 1 aromatic heterocycles. The number of nitrogens with one attached hydrogen (secondary N) is 1. The van der Waals surface area contributed by atoms with Crippen LogP contribution in [-0.2, 0) is 9.53 Å². The number of carbonyl (C=O) groups is 2. The molecule has 0 fully saturated rings. The van der Waals surface area contributed by atoms with Crippen LogP contribution in [0.5, 0.6) is 0 Å². The number of hydrogen-bond donors (Lipinski definition) is 2. The van der Waals surface area contributed by atoms with Gasteiger partial charge in [-0.1, -0.05) is 11.8 Å². The number of aliphatic hydroxyl groups excluding tert-OH is 1. The van der Waals surface area contributed by atoms with Crippen LogP contribution in [0.1, 0.15) is 34.0 Å². The van der Waals surface area contributed by atoms with Gasteiger partial charge in [0.1, 0.15) is 12.6 Å². The van der Waals surface area contributed by atoms with E-state index < -0.39 is 12.0 Å². The normalized spacial score (nSPS) is 11.2. The predicted octanol–water partition coefficient (Wildman–Crippen LogP) is 1.08. The Hall–Kier alpha value is -1.84. The number of hydrogen-bond acceptors (Lipinski definition) is 5. The van der Waals surface area contributed by atoms with Gasteiger partial charge in [0.2, 0.25) is 0 Å². The first-order chi connectivity index (χ1) is 9.49. The van der Waals surface area contributed by atoms with E-state index in [2.05, 4.69) is 17.2 Å². The van der Waals surface area contributed by atoms with Crippen LogP contribution in [0, 0.1) is 18.8 Å². The van der Waals surface area contributed by atoms with Gasteiger partial charge in [-0.05, 0) is 32.4 Å². The van der Waals surface area contributed by atoms with Gasteiger partial charge in [0.05, 0.1) is 16.4 Å². The molecule has 2 N–H and O–H groups in total. The van der Waals surface area contributed by atoms with Crippen molar-refractivity contribution >= 4 is 23.2 Å². The zero-order valence-corrected chi connectivity index (χ0v) is 12.5. The molecule has 0 aliphatic rings. The molecule has 20 heavy (non-hydrogen) atoms. The zero-order valence-electron chi connectivity index (χ0n) is 11.6. The van der Waals surface area contributed by atoms with Gasteiger partial charge >= 0.3 is 5.97 Å². The number of rotatable bonds is 4. The Bertz CT molecular complexity index is 553. The predicted molar refractivity (Wildman–Crippen MR) is 76.6 cm³/mol. The molecule has 1 heterocycles. The van der Waals surface area contributed by atoms with Crippen molar-refractivity contribution in [1.82, 2.24) is 5.32 Å². The lowest BCUT2D eigenvalue weighted by atomic mass is 10.2. The smallest absolute Gasteiger partial charge is 0.328 e. The number of aryl methyl sites for hydroxylation is 1. The topological polar surface area (TPSA) is 75.6 Å². The second kappa shape index (κ2) is 7.68. The standard InChI is InChI=1S/C14H17NO4S/c1-4-19-14(18)10(3)15-13(17)12-8-9(2)11(20-12)6-5-7-16/h8,10,16H,4,7H2,1-3H3,(H,15,17). The first-order valence-corrected chi connectivity index (χ1v) is 6.98. The summed E-state index contributed by atoms with van der Waals surface area (Å²) in [6.45, 7) is 5.17. The number of thiophene rings is 1. The van der Waals surface area contributed by atoms with Crippen LogP contribution in [0.15, 0.2) is 6.07 Å². The minimum absolute atomic E-state index is 0.223. The quantitative estimate of drug-likeness (QED) is 0.644. The van der Waals surface area contributed by atoms with E-state index >= 15 is 0 Å². The number of aliphatic hydroxyl groups is 1. The molecule has 0 aliphatic heterocycles. The molecule has 0 radical (unpaired) electrons. The summed E-state index contributed by atoms with van der Waals surface area (Å²) in [7, 11) is 0.